The van der Waals surface area contributed by atoms with Gasteiger partial charge in [0.2, 0.25) is 6.10 Å². The summed E-state index contributed by atoms with van der Waals surface area (Å²) in [6.07, 6.45) is 2.69. The van der Waals surface area contributed by atoms with E-state index >= 15 is 0 Å². The summed E-state index contributed by atoms with van der Waals surface area (Å²) in [6.45, 7) is 2.12. The van der Waals surface area contributed by atoms with Gasteiger partial charge in [0.15, 0.2) is 5.76 Å². The zero-order valence-electron chi connectivity index (χ0n) is 17.0. The molecule has 2 amide bonds. The number of hydrogen-bond donors (Lipinski definition) is 0. The van der Waals surface area contributed by atoms with Crippen molar-refractivity contribution in [2.75, 3.05) is 33.3 Å². The number of rotatable bonds is 5. The molecule has 158 valence electrons. The van der Waals surface area contributed by atoms with E-state index in [1.54, 1.807) is 29.0 Å². The van der Waals surface area contributed by atoms with Crippen LogP contribution in [0.5, 0.6) is 5.75 Å². The van der Waals surface area contributed by atoms with Gasteiger partial charge in [0.1, 0.15) is 5.75 Å². The Kier molecular flexibility index (Phi) is 6.02. The summed E-state index contributed by atoms with van der Waals surface area (Å²) in [5, 5.41) is 4.14. The molecule has 4 rings (SSSR count). The van der Waals surface area contributed by atoms with E-state index < -0.39 is 6.10 Å². The van der Waals surface area contributed by atoms with E-state index in [4.69, 9.17) is 14.0 Å². The van der Waals surface area contributed by atoms with Gasteiger partial charge in [0.25, 0.3) is 11.8 Å². The molecule has 1 saturated heterocycles. The fourth-order valence-electron chi connectivity index (χ4n) is 3.78. The van der Waals surface area contributed by atoms with Gasteiger partial charge in [-0.25, -0.2) is 0 Å². The lowest BCUT2D eigenvalue weighted by Crippen LogP contribution is -2.42. The van der Waals surface area contributed by atoms with Gasteiger partial charge >= 0.3 is 0 Å². The Hall–Kier alpha value is -3.29. The first-order valence-corrected chi connectivity index (χ1v) is 10.1. The quantitative estimate of drug-likeness (QED) is 0.754. The molecule has 0 aliphatic carbocycles. The van der Waals surface area contributed by atoms with Crippen molar-refractivity contribution < 1.29 is 23.6 Å². The minimum absolute atomic E-state index is 0.0771. The third kappa shape index (κ3) is 4.48. The molecule has 30 heavy (non-hydrogen) atoms. The van der Waals surface area contributed by atoms with Crippen molar-refractivity contribution in [2.24, 2.45) is 5.16 Å². The second kappa shape index (κ2) is 9.02. The van der Waals surface area contributed by atoms with Gasteiger partial charge in [0, 0.05) is 39.0 Å². The van der Waals surface area contributed by atoms with E-state index in [0.717, 1.165) is 17.0 Å². The first-order valence-electron chi connectivity index (χ1n) is 10.1. The molecule has 2 aromatic rings. The van der Waals surface area contributed by atoms with E-state index in [2.05, 4.69) is 5.16 Å². The summed E-state index contributed by atoms with van der Waals surface area (Å²) in [5.74, 6) is 0.893. The normalized spacial score (nSPS) is 19.1. The first-order chi connectivity index (χ1) is 14.6. The van der Waals surface area contributed by atoms with Crippen molar-refractivity contribution in [3.8, 4) is 5.75 Å². The Morgan fingerprint density at radius 2 is 1.97 bits per heavy atom. The minimum atomic E-state index is -0.599. The Balaban J connectivity index is 1.30. The third-order valence-electron chi connectivity index (χ3n) is 5.37. The highest BCUT2D eigenvalue weighted by molar-refractivity contribution is 5.94. The maximum absolute atomic E-state index is 12.9. The highest BCUT2D eigenvalue weighted by atomic mass is 16.6. The molecule has 1 aromatic heterocycles. The van der Waals surface area contributed by atoms with Gasteiger partial charge in [0.05, 0.1) is 19.1 Å². The van der Waals surface area contributed by atoms with Crippen LogP contribution < -0.4 is 4.74 Å². The summed E-state index contributed by atoms with van der Waals surface area (Å²) in [7, 11) is 1.63. The highest BCUT2D eigenvalue weighted by Crippen LogP contribution is 2.20. The number of hydrogen-bond acceptors (Lipinski definition) is 6. The van der Waals surface area contributed by atoms with E-state index in [0.29, 0.717) is 51.2 Å². The van der Waals surface area contributed by atoms with Crippen molar-refractivity contribution in [2.45, 2.75) is 25.4 Å². The van der Waals surface area contributed by atoms with Crippen LogP contribution in [-0.2, 0) is 16.1 Å². The Morgan fingerprint density at radius 3 is 2.77 bits per heavy atom. The van der Waals surface area contributed by atoms with Gasteiger partial charge < -0.3 is 23.8 Å². The van der Waals surface area contributed by atoms with Gasteiger partial charge in [-0.15, -0.1) is 0 Å². The molecular formula is C22H25N3O5. The van der Waals surface area contributed by atoms with Crippen molar-refractivity contribution in [1.82, 2.24) is 9.80 Å². The Labute approximate surface area is 175 Å². The second-order valence-corrected chi connectivity index (χ2v) is 7.43. The highest BCUT2D eigenvalue weighted by Gasteiger charge is 2.33. The Bertz CT molecular complexity index is 925. The van der Waals surface area contributed by atoms with Gasteiger partial charge in [-0.05, 0) is 36.2 Å². The number of benzene rings is 1. The number of ether oxygens (including phenoxy) is 1. The molecule has 0 radical (unpaired) electrons. The average molecular weight is 411 g/mol. The van der Waals surface area contributed by atoms with Crippen LogP contribution in [0, 0.1) is 0 Å². The summed E-state index contributed by atoms with van der Waals surface area (Å²) >= 11 is 0. The monoisotopic (exact) mass is 411 g/mol. The molecule has 1 aromatic carbocycles. The fourth-order valence-corrected chi connectivity index (χ4v) is 3.78. The molecule has 0 N–H and O–H groups in total. The maximum atomic E-state index is 12.9. The molecular weight excluding hydrogens is 386 g/mol. The summed E-state index contributed by atoms with van der Waals surface area (Å²) in [6, 6.07) is 11.1. The predicted molar refractivity (Wildman–Crippen MR) is 109 cm³/mol. The standard InChI is InChI=1S/C22H25N3O5/c1-28-18-6-2-5-16(14-18)13-17-15-20(30-23-17)22(27)25-9-4-8-24(10-11-25)21(26)19-7-3-12-29-19/h2-3,5-7,12,14,20H,4,8-11,13,15H2,1H3. The molecule has 0 spiro atoms. The van der Waals surface area contributed by atoms with E-state index in [1.807, 2.05) is 24.3 Å². The number of furan rings is 1. The van der Waals surface area contributed by atoms with Gasteiger partial charge in [-0.2, -0.15) is 0 Å². The van der Waals surface area contributed by atoms with Gasteiger partial charge in [-0.3, -0.25) is 9.59 Å². The van der Waals surface area contributed by atoms with Crippen LogP contribution in [0.2, 0.25) is 0 Å². The topological polar surface area (TPSA) is 84.6 Å². The molecule has 2 aliphatic rings. The number of carbonyl (C=O) groups is 2. The van der Waals surface area contributed by atoms with Crippen LogP contribution >= 0.6 is 0 Å². The predicted octanol–water partition coefficient (Wildman–Crippen LogP) is 2.35. The number of carbonyl (C=O) groups excluding carboxylic acids is 2. The van der Waals surface area contributed by atoms with Crippen molar-refractivity contribution in [1.29, 1.82) is 0 Å². The molecule has 8 nitrogen and oxygen atoms in total. The van der Waals surface area contributed by atoms with Crippen molar-refractivity contribution >= 4 is 17.5 Å². The molecule has 1 fully saturated rings. The molecule has 0 bridgehead atoms. The molecule has 1 unspecified atom stereocenters. The van der Waals surface area contributed by atoms with Gasteiger partial charge in [-0.1, -0.05) is 17.3 Å². The lowest BCUT2D eigenvalue weighted by Gasteiger charge is -2.23. The van der Waals surface area contributed by atoms with Crippen LogP contribution in [0.1, 0.15) is 29.0 Å². The lowest BCUT2D eigenvalue weighted by atomic mass is 10.0. The van der Waals surface area contributed by atoms with Crippen LogP contribution in [0.3, 0.4) is 0 Å². The van der Waals surface area contributed by atoms with E-state index in [-0.39, 0.29) is 11.8 Å². The zero-order chi connectivity index (χ0) is 20.9. The summed E-state index contributed by atoms with van der Waals surface area (Å²) in [5.41, 5.74) is 1.90. The summed E-state index contributed by atoms with van der Waals surface area (Å²) < 4.78 is 10.5. The number of amides is 2. The van der Waals surface area contributed by atoms with Crippen LogP contribution in [-0.4, -0.2) is 66.7 Å². The van der Waals surface area contributed by atoms with Crippen molar-refractivity contribution in [3.63, 3.8) is 0 Å². The number of methoxy groups -OCH3 is 1. The number of oxime groups is 1. The average Bonchev–Trinajstić information content (AvgIpc) is 3.41. The SMILES string of the molecule is COc1cccc(CC2=NOC(C(=O)N3CCCN(C(=O)c4ccco4)CC3)C2)c1. The third-order valence-corrected chi connectivity index (χ3v) is 5.37. The van der Waals surface area contributed by atoms with Crippen LogP contribution in [0.4, 0.5) is 0 Å². The fraction of sp³-hybridized carbons (Fsp3) is 0.409. The smallest absolute Gasteiger partial charge is 0.289 e. The zero-order valence-corrected chi connectivity index (χ0v) is 17.0. The van der Waals surface area contributed by atoms with E-state index in [9.17, 15) is 9.59 Å². The largest absolute Gasteiger partial charge is 0.497 e. The first kappa shape index (κ1) is 20.0. The molecule has 1 atom stereocenters. The second-order valence-electron chi connectivity index (χ2n) is 7.43. The maximum Gasteiger partial charge on any atom is 0.289 e. The van der Waals surface area contributed by atoms with Crippen LogP contribution in [0.15, 0.2) is 52.2 Å². The molecule has 0 saturated carbocycles. The number of nitrogens with zero attached hydrogens (tertiary/aromatic N) is 3. The molecule has 2 aliphatic heterocycles. The summed E-state index contributed by atoms with van der Waals surface area (Å²) in [4.78, 5) is 34.4. The molecule has 8 heteroatoms. The lowest BCUT2D eigenvalue weighted by molar-refractivity contribution is -0.141. The van der Waals surface area contributed by atoms with Crippen molar-refractivity contribution in [3.05, 3.63) is 54.0 Å². The Morgan fingerprint density at radius 1 is 1.13 bits per heavy atom. The molecule has 3 heterocycles. The van der Waals surface area contributed by atoms with E-state index in [1.165, 1.54) is 6.26 Å². The van der Waals surface area contributed by atoms with Crippen LogP contribution in [0.25, 0.3) is 0 Å². The minimum Gasteiger partial charge on any atom is -0.497 e.